The summed E-state index contributed by atoms with van der Waals surface area (Å²) in [5, 5.41) is 0. The molecule has 110 valence electrons. The summed E-state index contributed by atoms with van der Waals surface area (Å²) in [7, 11) is 1.75. The number of rotatable bonds is 6. The van der Waals surface area contributed by atoms with Crippen molar-refractivity contribution in [1.29, 1.82) is 0 Å². The van der Waals surface area contributed by atoms with Crippen molar-refractivity contribution in [3.63, 3.8) is 0 Å². The van der Waals surface area contributed by atoms with Gasteiger partial charge in [0.25, 0.3) is 0 Å². The lowest BCUT2D eigenvalue weighted by atomic mass is 10.0. The van der Waals surface area contributed by atoms with E-state index in [9.17, 15) is 0 Å². The molecule has 5 heteroatoms. The van der Waals surface area contributed by atoms with Crippen molar-refractivity contribution in [3.8, 4) is 0 Å². The first-order chi connectivity index (χ1) is 9.88. The van der Waals surface area contributed by atoms with Crippen LogP contribution in [0.5, 0.6) is 0 Å². The number of ether oxygens (including phenoxy) is 3. The van der Waals surface area contributed by atoms with Crippen molar-refractivity contribution >= 4 is 0 Å². The highest BCUT2D eigenvalue weighted by Gasteiger charge is 2.45. The zero-order valence-corrected chi connectivity index (χ0v) is 11.9. The average Bonchev–Trinajstić information content (AvgIpc) is 3.07. The van der Waals surface area contributed by atoms with Gasteiger partial charge in [-0.3, -0.25) is 9.88 Å². The molecule has 1 aromatic heterocycles. The molecule has 0 N–H and O–H groups in total. The fraction of sp³-hybridized carbons (Fsp3) is 0.667. The maximum absolute atomic E-state index is 6.11. The Morgan fingerprint density at radius 1 is 1.45 bits per heavy atom. The summed E-state index contributed by atoms with van der Waals surface area (Å²) in [6.45, 7) is 4.95. The Bertz CT molecular complexity index is 415. The van der Waals surface area contributed by atoms with Crippen molar-refractivity contribution in [2.45, 2.75) is 18.8 Å². The summed E-state index contributed by atoms with van der Waals surface area (Å²) >= 11 is 0. The third-order valence-corrected chi connectivity index (χ3v) is 4.22. The molecule has 0 aromatic carbocycles. The zero-order chi connectivity index (χ0) is 13.8. The Morgan fingerprint density at radius 2 is 2.40 bits per heavy atom. The lowest BCUT2D eigenvalue weighted by Gasteiger charge is -2.21. The quantitative estimate of drug-likeness (QED) is 0.775. The van der Waals surface area contributed by atoms with Gasteiger partial charge in [-0.2, -0.15) is 0 Å². The van der Waals surface area contributed by atoms with Crippen molar-refractivity contribution in [2.24, 2.45) is 5.92 Å². The van der Waals surface area contributed by atoms with Crippen LogP contribution in [0.15, 0.2) is 24.5 Å². The van der Waals surface area contributed by atoms with Crippen LogP contribution in [0.1, 0.15) is 5.56 Å². The molecular weight excluding hydrogens is 256 g/mol. The second-order valence-corrected chi connectivity index (χ2v) is 5.47. The molecule has 3 rings (SSSR count). The smallest absolute Gasteiger partial charge is 0.0772 e. The molecule has 0 unspecified atom stereocenters. The number of methoxy groups -OCH3 is 1. The van der Waals surface area contributed by atoms with E-state index in [1.807, 2.05) is 18.3 Å². The van der Waals surface area contributed by atoms with E-state index in [4.69, 9.17) is 14.2 Å². The van der Waals surface area contributed by atoms with Crippen LogP contribution in [0.25, 0.3) is 0 Å². The highest BCUT2D eigenvalue weighted by molar-refractivity contribution is 5.07. The van der Waals surface area contributed by atoms with Crippen molar-refractivity contribution in [1.82, 2.24) is 9.88 Å². The maximum Gasteiger partial charge on any atom is 0.0772 e. The topological polar surface area (TPSA) is 43.8 Å². The number of fused-ring (bicyclic) bond motifs is 1. The predicted molar refractivity (Wildman–Crippen MR) is 74.4 cm³/mol. The van der Waals surface area contributed by atoms with Crippen LogP contribution in [0.2, 0.25) is 0 Å². The van der Waals surface area contributed by atoms with Gasteiger partial charge in [0.2, 0.25) is 0 Å². The normalized spacial score (nSPS) is 29.8. The minimum absolute atomic E-state index is 0.250. The van der Waals surface area contributed by atoms with E-state index in [0.717, 1.165) is 38.5 Å². The minimum atomic E-state index is 0.250. The monoisotopic (exact) mass is 278 g/mol. The van der Waals surface area contributed by atoms with Crippen LogP contribution in [-0.4, -0.2) is 62.0 Å². The molecule has 0 aliphatic carbocycles. The van der Waals surface area contributed by atoms with Crippen LogP contribution in [0.3, 0.4) is 0 Å². The summed E-state index contributed by atoms with van der Waals surface area (Å²) < 4.78 is 16.9. The van der Waals surface area contributed by atoms with E-state index < -0.39 is 0 Å². The largest absolute Gasteiger partial charge is 0.383 e. The van der Waals surface area contributed by atoms with Gasteiger partial charge < -0.3 is 14.2 Å². The zero-order valence-electron chi connectivity index (χ0n) is 11.9. The highest BCUT2D eigenvalue weighted by atomic mass is 16.5. The number of aromatic nitrogens is 1. The molecule has 2 saturated heterocycles. The van der Waals surface area contributed by atoms with E-state index in [1.54, 1.807) is 13.3 Å². The molecule has 0 radical (unpaired) electrons. The van der Waals surface area contributed by atoms with Crippen LogP contribution < -0.4 is 0 Å². The Hall–Kier alpha value is -1.01. The molecule has 20 heavy (non-hydrogen) atoms. The molecule has 5 nitrogen and oxygen atoms in total. The Labute approximate surface area is 119 Å². The van der Waals surface area contributed by atoms with Gasteiger partial charge in [-0.05, 0) is 11.6 Å². The molecule has 0 spiro atoms. The molecule has 1 aromatic rings. The molecule has 0 saturated carbocycles. The lowest BCUT2D eigenvalue weighted by molar-refractivity contribution is 0.00785. The predicted octanol–water partition coefficient (Wildman–Crippen LogP) is 0.944. The van der Waals surface area contributed by atoms with Crippen LogP contribution >= 0.6 is 0 Å². The summed E-state index contributed by atoms with van der Waals surface area (Å²) in [4.78, 5) is 6.56. The van der Waals surface area contributed by atoms with E-state index in [1.165, 1.54) is 0 Å². The first-order valence-electron chi connectivity index (χ1n) is 7.19. The Morgan fingerprint density at radius 3 is 3.20 bits per heavy atom. The van der Waals surface area contributed by atoms with Crippen LogP contribution in [0, 0.1) is 5.92 Å². The van der Waals surface area contributed by atoms with E-state index in [2.05, 4.69) is 9.88 Å². The Balaban J connectivity index is 1.56. The third kappa shape index (κ3) is 3.01. The molecule has 2 fully saturated rings. The number of hydrogen-bond acceptors (Lipinski definition) is 5. The first-order valence-corrected chi connectivity index (χ1v) is 7.19. The number of pyridine rings is 1. The van der Waals surface area contributed by atoms with Gasteiger partial charge in [0.1, 0.15) is 0 Å². The van der Waals surface area contributed by atoms with Gasteiger partial charge in [-0.25, -0.2) is 0 Å². The number of nitrogens with zero attached hydrogens (tertiary/aromatic N) is 2. The highest BCUT2D eigenvalue weighted by Crippen LogP contribution is 2.32. The molecule has 2 aliphatic rings. The van der Waals surface area contributed by atoms with Crippen molar-refractivity contribution < 1.29 is 14.2 Å². The van der Waals surface area contributed by atoms with Crippen LogP contribution in [-0.2, 0) is 20.8 Å². The second-order valence-electron chi connectivity index (χ2n) is 5.47. The van der Waals surface area contributed by atoms with E-state index in [-0.39, 0.29) is 6.10 Å². The fourth-order valence-electron chi connectivity index (χ4n) is 3.12. The molecule has 2 aliphatic heterocycles. The van der Waals surface area contributed by atoms with Gasteiger partial charge in [-0.1, -0.05) is 6.07 Å². The first kappa shape index (κ1) is 13.9. The molecule has 0 amide bonds. The molecular formula is C15H22N2O3. The number of hydrogen-bond donors (Lipinski definition) is 0. The van der Waals surface area contributed by atoms with Gasteiger partial charge in [-0.15, -0.1) is 0 Å². The van der Waals surface area contributed by atoms with Crippen LogP contribution in [0.4, 0.5) is 0 Å². The van der Waals surface area contributed by atoms with Gasteiger partial charge >= 0.3 is 0 Å². The Kier molecular flexibility index (Phi) is 4.62. The average molecular weight is 278 g/mol. The van der Waals surface area contributed by atoms with Gasteiger partial charge in [0, 0.05) is 44.6 Å². The summed E-state index contributed by atoms with van der Waals surface area (Å²) in [5.74, 6) is 0.489. The van der Waals surface area contributed by atoms with E-state index >= 15 is 0 Å². The molecule has 3 atom stereocenters. The second kappa shape index (κ2) is 6.63. The lowest BCUT2D eigenvalue weighted by Crippen LogP contribution is -2.35. The van der Waals surface area contributed by atoms with Gasteiger partial charge in [0.15, 0.2) is 0 Å². The van der Waals surface area contributed by atoms with Gasteiger partial charge in [0.05, 0.1) is 32.5 Å². The summed E-state index contributed by atoms with van der Waals surface area (Å²) in [6, 6.07) is 4.48. The van der Waals surface area contributed by atoms with Crippen molar-refractivity contribution in [3.05, 3.63) is 30.1 Å². The summed E-state index contributed by atoms with van der Waals surface area (Å²) in [5.41, 5.74) is 1.12. The minimum Gasteiger partial charge on any atom is -0.383 e. The summed E-state index contributed by atoms with van der Waals surface area (Å²) in [6.07, 6.45) is 3.90. The fourth-order valence-corrected chi connectivity index (χ4v) is 3.12. The van der Waals surface area contributed by atoms with E-state index in [0.29, 0.717) is 18.6 Å². The number of likely N-dealkylation sites (tertiary alicyclic amines) is 1. The molecule has 0 bridgehead atoms. The maximum atomic E-state index is 6.11. The van der Waals surface area contributed by atoms with Crippen molar-refractivity contribution in [2.75, 3.05) is 40.0 Å². The standard InChI is InChI=1S/C15H22N2O3/c1-18-6-5-17-8-15(13-10-19-11-14(13)17)20-9-12-3-2-4-16-7-12/h2-4,7,13-15H,5-6,8-11H2,1H3/t13-,14+,15+/m1/s1. The third-order valence-electron chi connectivity index (χ3n) is 4.22. The SMILES string of the molecule is COCCN1C[C@H](OCc2cccnc2)[C@@H]2COC[C@@H]21. The molecule has 3 heterocycles.